The molecule has 2 aliphatic rings. The molecule has 2 aromatic rings. The highest BCUT2D eigenvalue weighted by Gasteiger charge is 2.42. The van der Waals surface area contributed by atoms with Crippen LogP contribution in [0.15, 0.2) is 53.4 Å². The molecule has 8 nitrogen and oxygen atoms in total. The second-order valence-corrected chi connectivity index (χ2v) is 14.2. The summed E-state index contributed by atoms with van der Waals surface area (Å²) in [6.45, 7) is 8.42. The van der Waals surface area contributed by atoms with E-state index in [1.54, 1.807) is 43.3 Å². The summed E-state index contributed by atoms with van der Waals surface area (Å²) in [5.74, 6) is 0.468. The molecule has 1 saturated heterocycles. The summed E-state index contributed by atoms with van der Waals surface area (Å²) < 4.78 is 13.3. The third-order valence-electron chi connectivity index (χ3n) is 8.39. The van der Waals surface area contributed by atoms with Gasteiger partial charge in [-0.25, -0.2) is 0 Å². The van der Waals surface area contributed by atoms with E-state index in [0.29, 0.717) is 28.8 Å². The molecule has 0 radical (unpaired) electrons. The smallest absolute Gasteiger partial charge is 0.252 e. The number of phenols is 1. The van der Waals surface area contributed by atoms with Gasteiger partial charge < -0.3 is 20.8 Å². The van der Waals surface area contributed by atoms with E-state index < -0.39 is 28.9 Å². The van der Waals surface area contributed by atoms with Gasteiger partial charge in [0.05, 0.1) is 34.7 Å². The van der Waals surface area contributed by atoms with Crippen molar-refractivity contribution in [1.29, 1.82) is 0 Å². The van der Waals surface area contributed by atoms with Crippen LogP contribution in [0.1, 0.15) is 68.8 Å². The minimum absolute atomic E-state index is 0.00525. The number of carbonyl (C=O) groups excluding carboxylic acids is 2. The van der Waals surface area contributed by atoms with Gasteiger partial charge in [-0.2, -0.15) is 0 Å². The lowest BCUT2D eigenvalue weighted by atomic mass is 9.72. The van der Waals surface area contributed by atoms with Crippen molar-refractivity contribution in [2.45, 2.75) is 88.4 Å². The van der Waals surface area contributed by atoms with Crippen molar-refractivity contribution in [3.63, 3.8) is 0 Å². The fourth-order valence-electron chi connectivity index (χ4n) is 6.19. The van der Waals surface area contributed by atoms with Gasteiger partial charge in [-0.15, -0.1) is 0 Å². The number of fused-ring (bicyclic) bond motifs is 1. The summed E-state index contributed by atoms with van der Waals surface area (Å²) >= 11 is 0. The van der Waals surface area contributed by atoms with Crippen LogP contribution >= 0.6 is 0 Å². The molecule has 9 heteroatoms. The molecule has 0 aromatic heterocycles. The fourth-order valence-corrected chi connectivity index (χ4v) is 7.48. The van der Waals surface area contributed by atoms with Crippen LogP contribution < -0.4 is 10.6 Å². The number of nitrogens with zero attached hydrogens (tertiary/aromatic N) is 1. The number of rotatable bonds is 9. The van der Waals surface area contributed by atoms with Gasteiger partial charge in [0.25, 0.3) is 5.91 Å². The molecule has 1 aliphatic heterocycles. The van der Waals surface area contributed by atoms with Crippen molar-refractivity contribution in [2.24, 2.45) is 11.8 Å². The average molecular weight is 584 g/mol. The monoisotopic (exact) mass is 583 g/mol. The Balaban J connectivity index is 1.57. The van der Waals surface area contributed by atoms with Crippen LogP contribution in [0.3, 0.4) is 0 Å². The minimum Gasteiger partial charge on any atom is -0.508 e. The number of likely N-dealkylation sites (tertiary alicyclic amines) is 1. The Hall–Kier alpha value is -2.75. The number of hydrogen-bond acceptors (Lipinski definition) is 6. The maximum absolute atomic E-state index is 13.5. The van der Waals surface area contributed by atoms with Gasteiger partial charge >= 0.3 is 0 Å². The average Bonchev–Trinajstić information content (AvgIpc) is 2.93. The Bertz CT molecular complexity index is 1230. The van der Waals surface area contributed by atoms with E-state index >= 15 is 0 Å². The van der Waals surface area contributed by atoms with Crippen molar-refractivity contribution in [2.75, 3.05) is 18.8 Å². The number of hydrogen-bond donors (Lipinski definition) is 4. The molecule has 4 N–H and O–H groups in total. The topological polar surface area (TPSA) is 119 Å². The lowest BCUT2D eigenvalue weighted by Crippen LogP contribution is -2.60. The molecule has 224 valence electrons. The highest BCUT2D eigenvalue weighted by atomic mass is 32.2. The van der Waals surface area contributed by atoms with Crippen molar-refractivity contribution < 1.29 is 24.0 Å². The zero-order valence-electron chi connectivity index (χ0n) is 24.6. The highest BCUT2D eigenvalue weighted by Crippen LogP contribution is 2.39. The molecule has 0 bridgehead atoms. The molecule has 6 atom stereocenters. The summed E-state index contributed by atoms with van der Waals surface area (Å²) in [6, 6.07) is 12.5. The molecule has 2 aromatic carbocycles. The van der Waals surface area contributed by atoms with E-state index in [2.05, 4.69) is 15.5 Å². The van der Waals surface area contributed by atoms with Crippen LogP contribution in [0.4, 0.5) is 0 Å². The molecule has 41 heavy (non-hydrogen) atoms. The first kappa shape index (κ1) is 31.2. The molecule has 1 saturated carbocycles. The fraction of sp³-hybridized carbons (Fsp3) is 0.562. The first-order chi connectivity index (χ1) is 19.4. The number of carbonyl (C=O) groups is 2. The zero-order chi connectivity index (χ0) is 29.7. The van der Waals surface area contributed by atoms with Crippen molar-refractivity contribution in [1.82, 2.24) is 15.5 Å². The van der Waals surface area contributed by atoms with E-state index in [-0.39, 0.29) is 41.1 Å². The quantitative estimate of drug-likeness (QED) is 0.357. The Kier molecular flexibility index (Phi) is 10.3. The summed E-state index contributed by atoms with van der Waals surface area (Å²) in [5, 5.41) is 27.8. The van der Waals surface area contributed by atoms with E-state index in [9.17, 15) is 24.0 Å². The number of nitrogens with one attached hydrogen (secondary N) is 2. The predicted octanol–water partition coefficient (Wildman–Crippen LogP) is 3.76. The second-order valence-electron chi connectivity index (χ2n) is 12.7. The molecular weight excluding hydrogens is 538 g/mol. The van der Waals surface area contributed by atoms with E-state index in [1.807, 2.05) is 26.8 Å². The Morgan fingerprint density at radius 2 is 1.73 bits per heavy atom. The van der Waals surface area contributed by atoms with Gasteiger partial charge in [-0.1, -0.05) is 43.5 Å². The maximum Gasteiger partial charge on any atom is 0.252 e. The molecule has 1 aliphatic carbocycles. The molecule has 2 amide bonds. The Labute approximate surface area is 246 Å². The number of amides is 2. The largest absolute Gasteiger partial charge is 0.508 e. The Morgan fingerprint density at radius 1 is 1.05 bits per heavy atom. The summed E-state index contributed by atoms with van der Waals surface area (Å²) in [7, 11) is -1.48. The number of benzene rings is 2. The molecule has 1 heterocycles. The predicted molar refractivity (Wildman–Crippen MR) is 161 cm³/mol. The van der Waals surface area contributed by atoms with Crippen molar-refractivity contribution >= 4 is 22.6 Å². The molecule has 2 fully saturated rings. The number of piperidine rings is 1. The van der Waals surface area contributed by atoms with Crippen LogP contribution in [-0.4, -0.2) is 73.7 Å². The summed E-state index contributed by atoms with van der Waals surface area (Å²) in [4.78, 5) is 29.5. The molecule has 1 unspecified atom stereocenters. The van der Waals surface area contributed by atoms with E-state index in [0.717, 1.165) is 19.3 Å². The molecular formula is C32H45N3O5S. The van der Waals surface area contributed by atoms with Gasteiger partial charge in [-0.05, 0) is 76.6 Å². The number of phenolic OH excluding ortho intramolecular Hbond substituents is 1. The zero-order valence-corrected chi connectivity index (χ0v) is 25.5. The standard InChI is InChI=1S/C32H45N3O5S/c1-21-25(15-10-16-28(21)36)30(38)33-26(20-41(40)24-13-6-5-7-14-24)29(37)19-35-18-23-12-9-8-11-22(23)17-27(35)31(39)34-32(2,3)4/h5-7,10,13-16,22-23,26-27,29,36-37H,8-9,11-12,17-20H2,1-4H3,(H,33,38)(H,34,39)/t22-,23+,26-,27+,29+,41?/m0/s1. The van der Waals surface area contributed by atoms with Gasteiger partial charge in [0.15, 0.2) is 0 Å². The van der Waals surface area contributed by atoms with Crippen molar-refractivity contribution in [3.8, 4) is 5.75 Å². The summed E-state index contributed by atoms with van der Waals surface area (Å²) in [6.07, 6.45) is 4.27. The van der Waals surface area contributed by atoms with Gasteiger partial charge in [0.1, 0.15) is 5.75 Å². The number of aromatic hydroxyl groups is 1. The third-order valence-corrected chi connectivity index (χ3v) is 9.85. The lowest BCUT2D eigenvalue weighted by Gasteiger charge is -2.47. The number of β-amino-alcohol motifs (C(OH)–C–C–N with tert-alkyl or cyclic N) is 1. The van der Waals surface area contributed by atoms with Crippen LogP contribution in [0, 0.1) is 18.8 Å². The minimum atomic E-state index is -1.48. The van der Waals surface area contributed by atoms with Gasteiger partial charge in [-0.3, -0.25) is 18.7 Å². The van der Waals surface area contributed by atoms with Crippen molar-refractivity contribution in [3.05, 3.63) is 59.7 Å². The normalized spacial score (nSPS) is 23.6. The molecule has 4 rings (SSSR count). The van der Waals surface area contributed by atoms with Crippen LogP contribution in [-0.2, 0) is 15.6 Å². The number of aliphatic hydroxyl groups is 1. The molecule has 0 spiro atoms. The SMILES string of the molecule is Cc1c(O)cccc1C(=O)N[C@@H](CS(=O)c1ccccc1)[C@H](O)CN1C[C@H]2CCCC[C@H]2C[C@@H]1C(=O)NC(C)(C)C. The van der Waals surface area contributed by atoms with Crippen LogP contribution in [0.5, 0.6) is 5.75 Å². The number of aliphatic hydroxyl groups excluding tert-OH is 1. The second kappa shape index (κ2) is 13.5. The van der Waals surface area contributed by atoms with E-state index in [4.69, 9.17) is 0 Å². The highest BCUT2D eigenvalue weighted by molar-refractivity contribution is 7.85. The van der Waals surface area contributed by atoms with E-state index in [1.165, 1.54) is 18.9 Å². The van der Waals surface area contributed by atoms with Gasteiger partial charge in [0, 0.05) is 34.7 Å². The Morgan fingerprint density at radius 3 is 2.41 bits per heavy atom. The first-order valence-electron chi connectivity index (χ1n) is 14.7. The van der Waals surface area contributed by atoms with Gasteiger partial charge in [0.2, 0.25) is 5.91 Å². The summed E-state index contributed by atoms with van der Waals surface area (Å²) in [5.41, 5.74) is 0.339. The third kappa shape index (κ3) is 8.17. The van der Waals surface area contributed by atoms with Crippen LogP contribution in [0.2, 0.25) is 0 Å². The lowest BCUT2D eigenvalue weighted by molar-refractivity contribution is -0.132. The van der Waals surface area contributed by atoms with Crippen LogP contribution in [0.25, 0.3) is 0 Å². The first-order valence-corrected chi connectivity index (χ1v) is 16.0. The maximum atomic E-state index is 13.5.